The molecule has 0 unspecified atom stereocenters. The van der Waals surface area contributed by atoms with Crippen LogP contribution < -0.4 is 0 Å². The van der Waals surface area contributed by atoms with Crippen LogP contribution in [-0.2, 0) is 0 Å². The maximum absolute atomic E-state index is 2.41. The smallest absolute Gasteiger partial charge is 0.0112 e. The first-order valence-corrected chi connectivity index (χ1v) is 14.9. The summed E-state index contributed by atoms with van der Waals surface area (Å²) in [5.41, 5.74) is 13.6. The summed E-state index contributed by atoms with van der Waals surface area (Å²) >= 11 is 0. The molecule has 4 aliphatic rings. The molecule has 0 amide bonds. The zero-order valence-electron chi connectivity index (χ0n) is 23.4. The van der Waals surface area contributed by atoms with Crippen LogP contribution in [0.25, 0.3) is 17.2 Å². The van der Waals surface area contributed by atoms with Crippen molar-refractivity contribution in [2.75, 3.05) is 0 Å². The molecular weight excluding hydrogens is 480 g/mol. The number of hydrogen-bond acceptors (Lipinski definition) is 0. The number of allylic oxidation sites excluding steroid dienone is 19. The van der Waals surface area contributed by atoms with Crippen LogP contribution in [0.5, 0.6) is 0 Å². The Balaban J connectivity index is 1.24. The molecular formula is C40H38. The van der Waals surface area contributed by atoms with Gasteiger partial charge in [0, 0.05) is 0 Å². The Kier molecular flexibility index (Phi) is 8.34. The van der Waals surface area contributed by atoms with Crippen LogP contribution in [0.4, 0.5) is 0 Å². The van der Waals surface area contributed by atoms with Crippen molar-refractivity contribution in [3.63, 3.8) is 0 Å². The molecule has 0 N–H and O–H groups in total. The molecule has 2 aromatic carbocycles. The Morgan fingerprint density at radius 2 is 1.32 bits per heavy atom. The minimum atomic E-state index is 1.06. The third-order valence-corrected chi connectivity index (χ3v) is 8.16. The van der Waals surface area contributed by atoms with Gasteiger partial charge >= 0.3 is 0 Å². The van der Waals surface area contributed by atoms with Crippen molar-refractivity contribution < 1.29 is 0 Å². The van der Waals surface area contributed by atoms with Gasteiger partial charge in [-0.25, -0.2) is 0 Å². The van der Waals surface area contributed by atoms with Crippen LogP contribution in [0.3, 0.4) is 0 Å². The van der Waals surface area contributed by atoms with Crippen LogP contribution in [0.15, 0.2) is 155 Å². The molecule has 40 heavy (non-hydrogen) atoms. The maximum atomic E-state index is 2.41. The van der Waals surface area contributed by atoms with Crippen molar-refractivity contribution in [3.05, 3.63) is 172 Å². The van der Waals surface area contributed by atoms with Crippen molar-refractivity contribution in [2.45, 2.75) is 51.4 Å². The predicted molar refractivity (Wildman–Crippen MR) is 174 cm³/mol. The lowest BCUT2D eigenvalue weighted by atomic mass is 9.87. The molecule has 0 saturated heterocycles. The predicted octanol–water partition coefficient (Wildman–Crippen LogP) is 11.1. The number of rotatable bonds is 7. The third kappa shape index (κ3) is 6.35. The fourth-order valence-electron chi connectivity index (χ4n) is 5.93. The summed E-state index contributed by atoms with van der Waals surface area (Å²) in [6, 6.07) is 20.0. The van der Waals surface area contributed by atoms with Gasteiger partial charge in [-0.1, -0.05) is 128 Å². The molecule has 2 aromatic rings. The van der Waals surface area contributed by atoms with E-state index in [1.165, 1.54) is 55.7 Å². The lowest BCUT2D eigenvalue weighted by Gasteiger charge is -2.18. The van der Waals surface area contributed by atoms with Gasteiger partial charge in [0.05, 0.1) is 0 Å². The highest BCUT2D eigenvalue weighted by Crippen LogP contribution is 2.34. The molecule has 0 fully saturated rings. The molecule has 0 aromatic heterocycles. The SMILES string of the molecule is C1=CCCC(C(=Cc2ccc(C3=CC=C(C=C(C4=CCCC=C4)c4ccccc4)CC3)cc2)C2=CCCC=C2)=C1. The topological polar surface area (TPSA) is 0 Å². The van der Waals surface area contributed by atoms with Gasteiger partial charge in [0.1, 0.15) is 0 Å². The lowest BCUT2D eigenvalue weighted by Crippen LogP contribution is -1.98. The molecule has 0 radical (unpaired) electrons. The Morgan fingerprint density at radius 3 is 1.95 bits per heavy atom. The van der Waals surface area contributed by atoms with Crippen LogP contribution in [0.1, 0.15) is 68.1 Å². The molecule has 0 atom stereocenters. The standard InChI is InChI=1S/C40H38/c1-5-13-35(14-6-1)39(36-15-7-2-8-16-36)29-31-21-25-33(26-22-31)34-27-23-32(24-28-34)30-40(37-17-9-3-10-18-37)38-19-11-4-12-20-38/h1,3,5-7,9,11,13-17,19-21,23-25,27-30H,2,4,8,10,12,18,22,26H2. The molecule has 0 saturated carbocycles. The minimum absolute atomic E-state index is 1.06. The minimum Gasteiger partial charge on any atom is -0.0842 e. The van der Waals surface area contributed by atoms with E-state index in [0.29, 0.717) is 0 Å². The average molecular weight is 519 g/mol. The van der Waals surface area contributed by atoms with E-state index in [0.717, 1.165) is 51.4 Å². The zero-order valence-corrected chi connectivity index (χ0v) is 23.4. The van der Waals surface area contributed by atoms with E-state index in [2.05, 4.69) is 134 Å². The van der Waals surface area contributed by atoms with E-state index in [9.17, 15) is 0 Å². The molecule has 0 aliphatic heterocycles. The summed E-state index contributed by atoms with van der Waals surface area (Å²) in [5.74, 6) is 0. The van der Waals surface area contributed by atoms with Crippen molar-refractivity contribution in [1.82, 2.24) is 0 Å². The summed E-state index contributed by atoms with van der Waals surface area (Å²) in [5, 5.41) is 0. The first-order chi connectivity index (χ1) is 19.8. The summed E-state index contributed by atoms with van der Waals surface area (Å²) in [7, 11) is 0. The Morgan fingerprint density at radius 1 is 0.575 bits per heavy atom. The van der Waals surface area contributed by atoms with Gasteiger partial charge in [-0.05, 0) is 113 Å². The fourth-order valence-corrected chi connectivity index (χ4v) is 5.93. The summed E-state index contributed by atoms with van der Waals surface area (Å²) in [6.45, 7) is 0. The second kappa shape index (κ2) is 12.8. The molecule has 0 spiro atoms. The second-order valence-electron chi connectivity index (χ2n) is 11.0. The van der Waals surface area contributed by atoms with E-state index >= 15 is 0 Å². The number of benzene rings is 2. The van der Waals surface area contributed by atoms with Crippen LogP contribution in [0.2, 0.25) is 0 Å². The Hall–Kier alpha value is -4.16. The van der Waals surface area contributed by atoms with Gasteiger partial charge in [-0.3, -0.25) is 0 Å². The Bertz CT molecular complexity index is 1530. The van der Waals surface area contributed by atoms with Gasteiger partial charge in [0.15, 0.2) is 0 Å². The first-order valence-electron chi connectivity index (χ1n) is 14.9. The summed E-state index contributed by atoms with van der Waals surface area (Å²) in [4.78, 5) is 0. The van der Waals surface area contributed by atoms with Gasteiger partial charge in [0.2, 0.25) is 0 Å². The molecule has 198 valence electrons. The van der Waals surface area contributed by atoms with Crippen LogP contribution in [0, 0.1) is 0 Å². The first kappa shape index (κ1) is 26.1. The second-order valence-corrected chi connectivity index (χ2v) is 11.0. The highest BCUT2D eigenvalue weighted by atomic mass is 14.2. The normalized spacial score (nSPS) is 19.4. The van der Waals surface area contributed by atoms with Crippen LogP contribution in [-0.4, -0.2) is 0 Å². The van der Waals surface area contributed by atoms with Crippen molar-refractivity contribution >= 4 is 17.2 Å². The highest BCUT2D eigenvalue weighted by Gasteiger charge is 2.14. The van der Waals surface area contributed by atoms with E-state index in [1.807, 2.05) is 0 Å². The maximum Gasteiger partial charge on any atom is -0.0112 e. The van der Waals surface area contributed by atoms with Gasteiger partial charge in [-0.2, -0.15) is 0 Å². The third-order valence-electron chi connectivity index (χ3n) is 8.16. The molecule has 4 aliphatic carbocycles. The van der Waals surface area contributed by atoms with E-state index in [4.69, 9.17) is 0 Å². The zero-order chi connectivity index (χ0) is 27.0. The molecule has 6 rings (SSSR count). The summed E-state index contributed by atoms with van der Waals surface area (Å²) < 4.78 is 0. The largest absolute Gasteiger partial charge is 0.0842 e. The van der Waals surface area contributed by atoms with E-state index in [1.54, 1.807) is 0 Å². The van der Waals surface area contributed by atoms with Gasteiger partial charge in [0.25, 0.3) is 0 Å². The van der Waals surface area contributed by atoms with Crippen molar-refractivity contribution in [3.8, 4) is 0 Å². The van der Waals surface area contributed by atoms with Gasteiger partial charge in [-0.15, -0.1) is 0 Å². The monoisotopic (exact) mass is 518 g/mol. The molecule has 0 heteroatoms. The summed E-state index contributed by atoms with van der Waals surface area (Å²) in [6.07, 6.45) is 39.1. The lowest BCUT2D eigenvalue weighted by molar-refractivity contribution is 0.966. The number of hydrogen-bond donors (Lipinski definition) is 0. The molecule has 0 heterocycles. The van der Waals surface area contributed by atoms with E-state index in [-0.39, 0.29) is 0 Å². The van der Waals surface area contributed by atoms with Crippen LogP contribution >= 0.6 is 0 Å². The highest BCUT2D eigenvalue weighted by molar-refractivity contribution is 5.84. The quantitative estimate of drug-likeness (QED) is 0.342. The van der Waals surface area contributed by atoms with E-state index < -0.39 is 0 Å². The Labute approximate surface area is 240 Å². The average Bonchev–Trinajstić information content (AvgIpc) is 3.05. The van der Waals surface area contributed by atoms with Crippen molar-refractivity contribution in [1.29, 1.82) is 0 Å². The molecule has 0 bridgehead atoms. The molecule has 0 nitrogen and oxygen atoms in total. The fraction of sp³-hybridized carbons (Fsp3) is 0.200. The van der Waals surface area contributed by atoms with Gasteiger partial charge < -0.3 is 0 Å². The van der Waals surface area contributed by atoms with Crippen molar-refractivity contribution in [2.24, 2.45) is 0 Å².